The summed E-state index contributed by atoms with van der Waals surface area (Å²) in [6, 6.07) is 8.53. The highest BCUT2D eigenvalue weighted by Gasteiger charge is 2.44. The van der Waals surface area contributed by atoms with Gasteiger partial charge in [-0.25, -0.2) is 0 Å². The lowest BCUT2D eigenvalue weighted by atomic mass is 9.72. The molecule has 0 amide bonds. The Morgan fingerprint density at radius 1 is 1.08 bits per heavy atom. The van der Waals surface area contributed by atoms with Crippen molar-refractivity contribution in [2.75, 3.05) is 0 Å². The molecule has 1 aliphatic rings. The third kappa shape index (κ3) is 6.14. The molecule has 1 heterocycles. The van der Waals surface area contributed by atoms with Gasteiger partial charge in [-0.05, 0) is 78.3 Å². The van der Waals surface area contributed by atoms with Crippen molar-refractivity contribution in [2.24, 2.45) is 11.3 Å². The maximum atomic E-state index is 11.8. The van der Waals surface area contributed by atoms with E-state index in [1.165, 1.54) is 22.4 Å². The van der Waals surface area contributed by atoms with Gasteiger partial charge in [-0.3, -0.25) is 4.98 Å². The molecule has 2 atom stereocenters. The molecule has 1 aromatic carbocycles. The zero-order valence-corrected chi connectivity index (χ0v) is 26.0. The molecule has 3 nitrogen and oxygen atoms in total. The Morgan fingerprint density at radius 2 is 1.67 bits per heavy atom. The van der Waals surface area contributed by atoms with Crippen LogP contribution < -0.4 is 0 Å². The Balaban J connectivity index is 2.14. The van der Waals surface area contributed by atoms with Gasteiger partial charge in [0.2, 0.25) is 0 Å². The fraction of sp³-hybridized carbons (Fsp3) is 0.656. The van der Waals surface area contributed by atoms with Crippen LogP contribution in [-0.2, 0) is 17.3 Å². The molecule has 0 radical (unpaired) electrons. The van der Waals surface area contributed by atoms with E-state index in [0.29, 0.717) is 5.92 Å². The zero-order chi connectivity index (χ0) is 27.2. The molecule has 1 aliphatic carbocycles. The SMILES string of the molecule is Cc1c2c(nc(C(C)C)c1[C@H](O)c1ccc(CC(C)C)cc1)CC(C)(C)CC2O[Si](C)(C)C(C)(C)C. The van der Waals surface area contributed by atoms with Crippen LogP contribution in [-0.4, -0.2) is 18.4 Å². The molecule has 200 valence electrons. The maximum absolute atomic E-state index is 11.8. The van der Waals surface area contributed by atoms with E-state index in [1.54, 1.807) is 0 Å². The first kappa shape index (κ1) is 29.1. The molecule has 4 heteroatoms. The monoisotopic (exact) mass is 509 g/mol. The van der Waals surface area contributed by atoms with E-state index in [0.717, 1.165) is 36.1 Å². The summed E-state index contributed by atoms with van der Waals surface area (Å²) in [5.74, 6) is 0.839. The summed E-state index contributed by atoms with van der Waals surface area (Å²) >= 11 is 0. The second kappa shape index (κ2) is 10.3. The van der Waals surface area contributed by atoms with Gasteiger partial charge in [0.05, 0.1) is 6.10 Å². The van der Waals surface area contributed by atoms with Crippen LogP contribution in [0.3, 0.4) is 0 Å². The fourth-order valence-corrected chi connectivity index (χ4v) is 6.67. The van der Waals surface area contributed by atoms with Crippen LogP contribution in [0.2, 0.25) is 18.1 Å². The van der Waals surface area contributed by atoms with Gasteiger partial charge < -0.3 is 9.53 Å². The second-order valence-electron chi connectivity index (χ2n) is 14.2. The van der Waals surface area contributed by atoms with Crippen LogP contribution in [0.5, 0.6) is 0 Å². The van der Waals surface area contributed by atoms with Gasteiger partial charge in [-0.2, -0.15) is 0 Å². The molecule has 0 fully saturated rings. The van der Waals surface area contributed by atoms with E-state index in [-0.39, 0.29) is 22.5 Å². The smallest absolute Gasteiger partial charge is 0.192 e. The van der Waals surface area contributed by atoms with Gasteiger partial charge in [-0.15, -0.1) is 0 Å². The van der Waals surface area contributed by atoms with Crippen LogP contribution in [0.4, 0.5) is 0 Å². The number of hydrogen-bond donors (Lipinski definition) is 1. The molecule has 1 unspecified atom stereocenters. The van der Waals surface area contributed by atoms with Gasteiger partial charge >= 0.3 is 0 Å². The summed E-state index contributed by atoms with van der Waals surface area (Å²) in [6.45, 7) is 27.3. The van der Waals surface area contributed by atoms with Crippen molar-refractivity contribution in [2.45, 2.75) is 125 Å². The van der Waals surface area contributed by atoms with Gasteiger partial charge in [0, 0.05) is 22.5 Å². The number of aliphatic hydroxyl groups excluding tert-OH is 1. The van der Waals surface area contributed by atoms with Gasteiger partial charge in [0.25, 0.3) is 0 Å². The van der Waals surface area contributed by atoms with Gasteiger partial charge in [-0.1, -0.05) is 86.6 Å². The van der Waals surface area contributed by atoms with Crippen LogP contribution in [0.25, 0.3) is 0 Å². The van der Waals surface area contributed by atoms with E-state index < -0.39 is 14.4 Å². The molecule has 0 spiro atoms. The Hall–Kier alpha value is -1.49. The van der Waals surface area contributed by atoms with Crippen molar-refractivity contribution in [3.05, 3.63) is 63.5 Å². The Labute approximate surface area is 222 Å². The van der Waals surface area contributed by atoms with Gasteiger partial charge in [0.1, 0.15) is 6.10 Å². The molecular formula is C32H51NO2Si. The molecular weight excluding hydrogens is 458 g/mol. The predicted octanol–water partition coefficient (Wildman–Crippen LogP) is 8.83. The molecule has 1 N–H and O–H groups in total. The first-order chi connectivity index (χ1) is 16.4. The van der Waals surface area contributed by atoms with Crippen molar-refractivity contribution in [3.63, 3.8) is 0 Å². The average Bonchev–Trinajstić information content (AvgIpc) is 2.70. The summed E-state index contributed by atoms with van der Waals surface area (Å²) in [7, 11) is -2.00. The highest BCUT2D eigenvalue weighted by atomic mass is 28.4. The van der Waals surface area contributed by atoms with Crippen LogP contribution >= 0.6 is 0 Å². The topological polar surface area (TPSA) is 42.4 Å². The summed E-state index contributed by atoms with van der Waals surface area (Å²) in [5.41, 5.74) is 7.94. The maximum Gasteiger partial charge on any atom is 0.192 e. The molecule has 0 saturated carbocycles. The van der Waals surface area contributed by atoms with Crippen LogP contribution in [0, 0.1) is 18.3 Å². The predicted molar refractivity (Wildman–Crippen MR) is 155 cm³/mol. The van der Waals surface area contributed by atoms with E-state index in [9.17, 15) is 5.11 Å². The fourth-order valence-electron chi connectivity index (χ4n) is 5.40. The van der Waals surface area contributed by atoms with Crippen molar-refractivity contribution in [1.82, 2.24) is 4.98 Å². The Bertz CT molecular complexity index is 1060. The first-order valence-electron chi connectivity index (χ1n) is 13.9. The standard InChI is InChI=1S/C32H51NO2Si/c1-20(2)17-23-13-15-24(16-14-23)30(34)28-22(5)27-25(33-29(28)21(3)4)18-32(9,10)19-26(27)35-36(11,12)31(6,7)8/h13-16,20-21,26,30,34H,17-19H2,1-12H3/t26?,30-/m1/s1. The second-order valence-corrected chi connectivity index (χ2v) is 19.0. The molecule has 36 heavy (non-hydrogen) atoms. The minimum Gasteiger partial charge on any atom is -0.410 e. The normalized spacial score (nSPS) is 19.0. The average molecular weight is 510 g/mol. The minimum absolute atomic E-state index is 0.0118. The molecule has 0 aliphatic heterocycles. The summed E-state index contributed by atoms with van der Waals surface area (Å²) in [4.78, 5) is 5.29. The number of pyridine rings is 1. The van der Waals surface area contributed by atoms with E-state index in [2.05, 4.69) is 107 Å². The minimum atomic E-state index is -2.00. The third-order valence-corrected chi connectivity index (χ3v) is 12.8. The quantitative estimate of drug-likeness (QED) is 0.379. The highest BCUT2D eigenvalue weighted by Crippen LogP contribution is 2.49. The van der Waals surface area contributed by atoms with E-state index in [1.807, 2.05) is 0 Å². The number of aliphatic hydroxyl groups is 1. The Morgan fingerprint density at radius 3 is 2.17 bits per heavy atom. The van der Waals surface area contributed by atoms with Crippen LogP contribution in [0.15, 0.2) is 24.3 Å². The van der Waals surface area contributed by atoms with Crippen LogP contribution in [0.1, 0.15) is 126 Å². The lowest BCUT2D eigenvalue weighted by Gasteiger charge is -2.45. The van der Waals surface area contributed by atoms with Crippen molar-refractivity contribution < 1.29 is 9.53 Å². The number of hydrogen-bond acceptors (Lipinski definition) is 3. The van der Waals surface area contributed by atoms with Crippen molar-refractivity contribution in [3.8, 4) is 0 Å². The number of fused-ring (bicyclic) bond motifs is 1. The highest BCUT2D eigenvalue weighted by molar-refractivity contribution is 6.74. The Kier molecular flexibility index (Phi) is 8.35. The summed E-state index contributed by atoms with van der Waals surface area (Å²) < 4.78 is 7.10. The largest absolute Gasteiger partial charge is 0.410 e. The lowest BCUT2D eigenvalue weighted by molar-refractivity contribution is 0.105. The number of rotatable bonds is 7. The summed E-state index contributed by atoms with van der Waals surface area (Å²) in [5, 5.41) is 11.9. The zero-order valence-electron chi connectivity index (χ0n) is 25.0. The molecule has 2 aromatic rings. The van der Waals surface area contributed by atoms with Gasteiger partial charge in [0.15, 0.2) is 8.32 Å². The number of aromatic nitrogens is 1. The number of benzene rings is 1. The molecule has 0 bridgehead atoms. The summed E-state index contributed by atoms with van der Waals surface area (Å²) in [6.07, 6.45) is 2.29. The van der Waals surface area contributed by atoms with Crippen molar-refractivity contribution >= 4 is 8.32 Å². The molecule has 1 aromatic heterocycles. The first-order valence-corrected chi connectivity index (χ1v) is 16.8. The molecule has 0 saturated heterocycles. The third-order valence-electron chi connectivity index (χ3n) is 8.36. The number of nitrogens with zero attached hydrogens (tertiary/aromatic N) is 1. The van der Waals surface area contributed by atoms with E-state index >= 15 is 0 Å². The van der Waals surface area contributed by atoms with E-state index in [4.69, 9.17) is 9.41 Å². The molecule has 3 rings (SSSR count). The lowest BCUT2D eigenvalue weighted by Crippen LogP contribution is -2.44. The van der Waals surface area contributed by atoms with Crippen molar-refractivity contribution in [1.29, 1.82) is 0 Å².